The zero-order chi connectivity index (χ0) is 13.4. The summed E-state index contributed by atoms with van der Waals surface area (Å²) in [5.74, 6) is 1.21. The molecule has 0 aliphatic heterocycles. The Morgan fingerprint density at radius 3 is 2.63 bits per heavy atom. The molecule has 0 unspecified atom stereocenters. The van der Waals surface area contributed by atoms with E-state index in [1.165, 1.54) is 18.4 Å². The van der Waals surface area contributed by atoms with Crippen LogP contribution in [0.4, 0.5) is 5.69 Å². The summed E-state index contributed by atoms with van der Waals surface area (Å²) in [4.78, 5) is 11.9. The summed E-state index contributed by atoms with van der Waals surface area (Å²) in [5, 5.41) is 13.1. The molecule has 1 aromatic rings. The monoisotopic (exact) mass is 259 g/mol. The molecule has 1 aromatic carbocycles. The summed E-state index contributed by atoms with van der Waals surface area (Å²) < 4.78 is 0. The standard InChI is InChI=1S/C16H21NO2/c1-2-3-12-8-13(10-4-5-10)14(9-15(12)18)17-16(19)11-6-7-11/h8-11,18H,2-7H2,1H3,(H,17,19). The van der Waals surface area contributed by atoms with Crippen LogP contribution in [0.1, 0.15) is 56.1 Å². The summed E-state index contributed by atoms with van der Waals surface area (Å²) in [6.07, 6.45) is 6.31. The van der Waals surface area contributed by atoms with Gasteiger partial charge in [-0.3, -0.25) is 4.79 Å². The number of rotatable bonds is 5. The quantitative estimate of drug-likeness (QED) is 0.849. The van der Waals surface area contributed by atoms with Crippen molar-refractivity contribution in [3.63, 3.8) is 0 Å². The molecular formula is C16H21NO2. The fourth-order valence-electron chi connectivity index (χ4n) is 2.54. The molecule has 0 saturated heterocycles. The lowest BCUT2D eigenvalue weighted by atomic mass is 10.0. The molecule has 3 rings (SSSR count). The molecule has 0 spiro atoms. The van der Waals surface area contributed by atoms with Crippen molar-refractivity contribution in [2.75, 3.05) is 5.32 Å². The first-order valence-electron chi connectivity index (χ1n) is 7.35. The van der Waals surface area contributed by atoms with Crippen molar-refractivity contribution in [3.8, 4) is 5.75 Å². The number of benzene rings is 1. The normalized spacial score (nSPS) is 18.4. The highest BCUT2D eigenvalue weighted by Gasteiger charge is 2.32. The lowest BCUT2D eigenvalue weighted by molar-refractivity contribution is -0.117. The van der Waals surface area contributed by atoms with Crippen LogP contribution in [0.3, 0.4) is 0 Å². The van der Waals surface area contributed by atoms with Gasteiger partial charge >= 0.3 is 0 Å². The highest BCUT2D eigenvalue weighted by molar-refractivity contribution is 5.95. The minimum atomic E-state index is 0.115. The van der Waals surface area contributed by atoms with Crippen molar-refractivity contribution in [2.45, 2.75) is 51.4 Å². The minimum Gasteiger partial charge on any atom is -0.508 e. The number of hydrogen-bond donors (Lipinski definition) is 2. The molecule has 0 radical (unpaired) electrons. The van der Waals surface area contributed by atoms with Gasteiger partial charge in [-0.1, -0.05) is 13.3 Å². The second kappa shape index (κ2) is 4.87. The molecule has 2 N–H and O–H groups in total. The van der Waals surface area contributed by atoms with Crippen molar-refractivity contribution in [1.29, 1.82) is 0 Å². The largest absolute Gasteiger partial charge is 0.508 e. The van der Waals surface area contributed by atoms with E-state index in [9.17, 15) is 9.90 Å². The third-order valence-corrected chi connectivity index (χ3v) is 3.99. The van der Waals surface area contributed by atoms with E-state index in [4.69, 9.17) is 0 Å². The number of phenols is 1. The third-order valence-electron chi connectivity index (χ3n) is 3.99. The van der Waals surface area contributed by atoms with Crippen LogP contribution in [-0.2, 0) is 11.2 Å². The van der Waals surface area contributed by atoms with Crippen LogP contribution in [-0.4, -0.2) is 11.0 Å². The van der Waals surface area contributed by atoms with E-state index in [0.717, 1.165) is 36.9 Å². The fourth-order valence-corrected chi connectivity index (χ4v) is 2.54. The van der Waals surface area contributed by atoms with Crippen LogP contribution in [0.25, 0.3) is 0 Å². The van der Waals surface area contributed by atoms with Crippen LogP contribution < -0.4 is 5.32 Å². The van der Waals surface area contributed by atoms with E-state index in [0.29, 0.717) is 11.7 Å². The van der Waals surface area contributed by atoms with Gasteiger partial charge in [0, 0.05) is 17.7 Å². The van der Waals surface area contributed by atoms with Crippen molar-refractivity contribution in [1.82, 2.24) is 0 Å². The number of hydrogen-bond acceptors (Lipinski definition) is 2. The Morgan fingerprint density at radius 2 is 2.05 bits per heavy atom. The maximum absolute atomic E-state index is 11.9. The minimum absolute atomic E-state index is 0.115. The van der Waals surface area contributed by atoms with Crippen molar-refractivity contribution in [2.24, 2.45) is 5.92 Å². The topological polar surface area (TPSA) is 49.3 Å². The van der Waals surface area contributed by atoms with Crippen LogP contribution in [0.15, 0.2) is 12.1 Å². The third kappa shape index (κ3) is 2.75. The molecule has 0 bridgehead atoms. The van der Waals surface area contributed by atoms with Gasteiger partial charge in [0.1, 0.15) is 5.75 Å². The van der Waals surface area contributed by atoms with Gasteiger partial charge in [0.05, 0.1) is 0 Å². The van der Waals surface area contributed by atoms with Gasteiger partial charge in [0.25, 0.3) is 0 Å². The van der Waals surface area contributed by atoms with Crippen molar-refractivity contribution < 1.29 is 9.90 Å². The molecule has 0 atom stereocenters. The van der Waals surface area contributed by atoms with Crippen molar-refractivity contribution >= 4 is 11.6 Å². The van der Waals surface area contributed by atoms with E-state index in [-0.39, 0.29) is 11.8 Å². The van der Waals surface area contributed by atoms with Gasteiger partial charge in [0.15, 0.2) is 0 Å². The maximum Gasteiger partial charge on any atom is 0.227 e. The molecule has 19 heavy (non-hydrogen) atoms. The number of aromatic hydroxyl groups is 1. The molecule has 3 nitrogen and oxygen atoms in total. The molecule has 102 valence electrons. The predicted molar refractivity (Wildman–Crippen MR) is 75.4 cm³/mol. The Bertz CT molecular complexity index is 502. The van der Waals surface area contributed by atoms with Crippen LogP contribution >= 0.6 is 0 Å². The molecule has 2 aliphatic carbocycles. The molecule has 2 saturated carbocycles. The van der Waals surface area contributed by atoms with E-state index in [2.05, 4.69) is 18.3 Å². The zero-order valence-corrected chi connectivity index (χ0v) is 11.4. The number of carbonyl (C=O) groups excluding carboxylic acids is 1. The number of amides is 1. The Balaban J connectivity index is 1.87. The molecular weight excluding hydrogens is 238 g/mol. The smallest absolute Gasteiger partial charge is 0.227 e. The number of phenolic OH excluding ortho intramolecular Hbond substituents is 1. The number of aryl methyl sites for hydroxylation is 1. The summed E-state index contributed by atoms with van der Waals surface area (Å²) in [6, 6.07) is 3.85. The molecule has 2 fully saturated rings. The summed E-state index contributed by atoms with van der Waals surface area (Å²) in [6.45, 7) is 2.11. The highest BCUT2D eigenvalue weighted by Crippen LogP contribution is 2.45. The molecule has 0 heterocycles. The second-order valence-electron chi connectivity index (χ2n) is 5.86. The average Bonchev–Trinajstić information content (AvgIpc) is 3.26. The lowest BCUT2D eigenvalue weighted by Crippen LogP contribution is -2.14. The number of carbonyl (C=O) groups is 1. The maximum atomic E-state index is 11.9. The SMILES string of the molecule is CCCc1cc(C2CC2)c(NC(=O)C2CC2)cc1O. The Morgan fingerprint density at radius 1 is 1.32 bits per heavy atom. The average molecular weight is 259 g/mol. The first kappa shape index (κ1) is 12.5. The predicted octanol–water partition coefficient (Wildman–Crippen LogP) is 3.57. The van der Waals surface area contributed by atoms with E-state index < -0.39 is 0 Å². The van der Waals surface area contributed by atoms with E-state index in [1.54, 1.807) is 6.07 Å². The van der Waals surface area contributed by atoms with Crippen LogP contribution in [0, 0.1) is 5.92 Å². The molecule has 0 aromatic heterocycles. The molecule has 3 heteroatoms. The van der Waals surface area contributed by atoms with Gasteiger partial charge in [-0.2, -0.15) is 0 Å². The molecule has 2 aliphatic rings. The fraction of sp³-hybridized carbons (Fsp3) is 0.562. The number of anilines is 1. The Kier molecular flexibility index (Phi) is 3.21. The summed E-state index contributed by atoms with van der Waals surface area (Å²) in [5.41, 5.74) is 3.06. The van der Waals surface area contributed by atoms with Crippen LogP contribution in [0.2, 0.25) is 0 Å². The van der Waals surface area contributed by atoms with E-state index in [1.807, 2.05) is 0 Å². The van der Waals surface area contributed by atoms with Gasteiger partial charge in [-0.15, -0.1) is 0 Å². The first-order chi connectivity index (χ1) is 9.19. The second-order valence-corrected chi connectivity index (χ2v) is 5.86. The van der Waals surface area contributed by atoms with Gasteiger partial charge in [-0.25, -0.2) is 0 Å². The number of nitrogens with one attached hydrogen (secondary N) is 1. The highest BCUT2D eigenvalue weighted by atomic mass is 16.3. The zero-order valence-electron chi connectivity index (χ0n) is 11.4. The van der Waals surface area contributed by atoms with Gasteiger partial charge in [0.2, 0.25) is 5.91 Å². The van der Waals surface area contributed by atoms with Gasteiger partial charge < -0.3 is 10.4 Å². The van der Waals surface area contributed by atoms with Crippen molar-refractivity contribution in [3.05, 3.63) is 23.3 Å². The molecule has 1 amide bonds. The van der Waals surface area contributed by atoms with Crippen LogP contribution in [0.5, 0.6) is 5.75 Å². The Labute approximate surface area is 114 Å². The first-order valence-corrected chi connectivity index (χ1v) is 7.35. The Hall–Kier alpha value is -1.51. The summed E-state index contributed by atoms with van der Waals surface area (Å²) >= 11 is 0. The van der Waals surface area contributed by atoms with E-state index >= 15 is 0 Å². The lowest BCUT2D eigenvalue weighted by Gasteiger charge is -2.14. The summed E-state index contributed by atoms with van der Waals surface area (Å²) in [7, 11) is 0. The van der Waals surface area contributed by atoms with Gasteiger partial charge in [-0.05, 0) is 55.2 Å².